The summed E-state index contributed by atoms with van der Waals surface area (Å²) in [6.45, 7) is 1.19. The fraction of sp³-hybridized carbons (Fsp3) is 0.750. The van der Waals surface area contributed by atoms with E-state index in [0.717, 1.165) is 0 Å². The highest BCUT2D eigenvalue weighted by Crippen LogP contribution is 2.17. The molecule has 0 spiro atoms. The molecule has 21 heavy (non-hydrogen) atoms. The first-order chi connectivity index (χ1) is 9.82. The zero-order chi connectivity index (χ0) is 16.0. The second-order valence-electron chi connectivity index (χ2n) is 5.05. The van der Waals surface area contributed by atoms with Gasteiger partial charge in [-0.3, -0.25) is 19.3 Å². The largest absolute Gasteiger partial charge is 0.480 e. The summed E-state index contributed by atoms with van der Waals surface area (Å²) in [4.78, 5) is 34.2. The fourth-order valence-corrected chi connectivity index (χ4v) is 2.13. The van der Waals surface area contributed by atoms with E-state index in [0.29, 0.717) is 19.5 Å². The Kier molecular flexibility index (Phi) is 6.53. The first kappa shape index (κ1) is 17.3. The van der Waals surface area contributed by atoms with Gasteiger partial charge in [-0.15, -0.1) is 0 Å². The highest BCUT2D eigenvalue weighted by molar-refractivity contribution is 5.75. The van der Waals surface area contributed by atoms with Gasteiger partial charge in [-0.1, -0.05) is 0 Å². The van der Waals surface area contributed by atoms with Crippen LogP contribution in [-0.4, -0.2) is 75.9 Å². The minimum atomic E-state index is -1.13. The lowest BCUT2D eigenvalue weighted by Crippen LogP contribution is -2.54. The van der Waals surface area contributed by atoms with E-state index in [4.69, 9.17) is 21.1 Å². The molecule has 0 radical (unpaired) electrons. The summed E-state index contributed by atoms with van der Waals surface area (Å²) in [7, 11) is 0. The van der Waals surface area contributed by atoms with Crippen molar-refractivity contribution in [2.24, 2.45) is 5.73 Å². The molecule has 120 valence electrons. The molecule has 0 unspecified atom stereocenters. The molecule has 0 bridgehead atoms. The van der Waals surface area contributed by atoms with Crippen LogP contribution in [0.2, 0.25) is 0 Å². The maximum absolute atomic E-state index is 11.1. The number of nitrogens with zero attached hydrogens (tertiary/aromatic N) is 1. The minimum Gasteiger partial charge on any atom is -0.480 e. The molecule has 1 aliphatic heterocycles. The lowest BCUT2D eigenvalue weighted by atomic mass is 10.0. The third-order valence-corrected chi connectivity index (χ3v) is 3.58. The first-order valence-electron chi connectivity index (χ1n) is 6.74. The van der Waals surface area contributed by atoms with E-state index in [2.05, 4.69) is 5.32 Å². The lowest BCUT2D eigenvalue weighted by Gasteiger charge is -2.38. The molecule has 3 atom stereocenters. The zero-order valence-corrected chi connectivity index (χ0v) is 11.6. The average molecular weight is 303 g/mol. The second-order valence-corrected chi connectivity index (χ2v) is 5.05. The van der Waals surface area contributed by atoms with Crippen molar-refractivity contribution in [3.05, 3.63) is 0 Å². The maximum Gasteiger partial charge on any atom is 0.320 e. The Bertz CT molecular complexity index is 402. The van der Waals surface area contributed by atoms with E-state index in [1.807, 2.05) is 0 Å². The van der Waals surface area contributed by atoms with Crippen molar-refractivity contribution < 1.29 is 29.7 Å². The molecule has 0 aliphatic carbocycles. The Balaban J connectivity index is 2.32. The molecule has 9 nitrogen and oxygen atoms in total. The summed E-state index contributed by atoms with van der Waals surface area (Å²) in [5.74, 6) is -3.08. The number of carboxylic acid groups (broad SMARTS) is 3. The normalized spacial score (nSPS) is 21.3. The van der Waals surface area contributed by atoms with Crippen molar-refractivity contribution in [3.8, 4) is 0 Å². The van der Waals surface area contributed by atoms with Gasteiger partial charge in [-0.2, -0.15) is 0 Å². The molecule has 0 saturated carbocycles. The van der Waals surface area contributed by atoms with E-state index in [1.54, 1.807) is 4.90 Å². The number of carboxylic acids is 3. The van der Waals surface area contributed by atoms with E-state index in [1.165, 1.54) is 0 Å². The molecule has 1 saturated heterocycles. The third kappa shape index (κ3) is 5.29. The van der Waals surface area contributed by atoms with Crippen LogP contribution in [0.4, 0.5) is 0 Å². The smallest absolute Gasteiger partial charge is 0.320 e. The van der Waals surface area contributed by atoms with E-state index < -0.39 is 36.0 Å². The molecular weight excluding hydrogens is 282 g/mol. The zero-order valence-electron chi connectivity index (χ0n) is 11.6. The van der Waals surface area contributed by atoms with Crippen LogP contribution in [0.15, 0.2) is 0 Å². The van der Waals surface area contributed by atoms with Crippen molar-refractivity contribution >= 4 is 17.9 Å². The Labute approximate surface area is 121 Å². The van der Waals surface area contributed by atoms with Gasteiger partial charge in [0.2, 0.25) is 0 Å². The summed E-state index contributed by atoms with van der Waals surface area (Å²) in [6, 6.07) is -2.40. The summed E-state index contributed by atoms with van der Waals surface area (Å²) in [5, 5.41) is 29.3. The standard InChI is InChI=1S/C12H21N3O6/c13-7(10(16)17)1-4-14-8(11(18)19)2-5-15-6-3-9(15)12(20)21/h7-9,14H,1-6,13H2,(H,16,17)(H,18,19)(H,20,21)/t7-,8+,9+/m1/s1. The van der Waals surface area contributed by atoms with Crippen LogP contribution in [0.25, 0.3) is 0 Å². The van der Waals surface area contributed by atoms with Crippen molar-refractivity contribution in [1.82, 2.24) is 10.2 Å². The van der Waals surface area contributed by atoms with Gasteiger partial charge < -0.3 is 26.4 Å². The van der Waals surface area contributed by atoms with E-state index >= 15 is 0 Å². The highest BCUT2D eigenvalue weighted by Gasteiger charge is 2.34. The SMILES string of the molecule is N[C@H](CCN[C@@H](CCN1CC[C@H]1C(=O)O)C(=O)O)C(=O)O. The molecule has 6 N–H and O–H groups in total. The molecule has 0 amide bonds. The van der Waals surface area contributed by atoms with Gasteiger partial charge in [0.05, 0.1) is 0 Å². The van der Waals surface area contributed by atoms with Crippen molar-refractivity contribution in [2.75, 3.05) is 19.6 Å². The quantitative estimate of drug-likeness (QED) is 0.320. The first-order valence-corrected chi connectivity index (χ1v) is 6.74. The number of nitrogens with one attached hydrogen (secondary N) is 1. The number of hydrogen-bond acceptors (Lipinski definition) is 6. The fourth-order valence-electron chi connectivity index (χ4n) is 2.13. The summed E-state index contributed by atoms with van der Waals surface area (Å²) in [6.07, 6.45) is 0.954. The molecule has 1 rings (SSSR count). The summed E-state index contributed by atoms with van der Waals surface area (Å²) >= 11 is 0. The van der Waals surface area contributed by atoms with Gasteiger partial charge >= 0.3 is 17.9 Å². The molecule has 0 aromatic carbocycles. The molecule has 9 heteroatoms. The van der Waals surface area contributed by atoms with Gasteiger partial charge in [0, 0.05) is 13.1 Å². The number of carbonyl (C=O) groups is 3. The number of likely N-dealkylation sites (tertiary alicyclic amines) is 1. The van der Waals surface area contributed by atoms with Crippen LogP contribution in [0.1, 0.15) is 19.3 Å². The second kappa shape index (κ2) is 7.91. The number of hydrogen-bond donors (Lipinski definition) is 5. The van der Waals surface area contributed by atoms with Gasteiger partial charge in [0.25, 0.3) is 0 Å². The van der Waals surface area contributed by atoms with Crippen molar-refractivity contribution in [2.45, 2.75) is 37.4 Å². The van der Waals surface area contributed by atoms with Gasteiger partial charge in [-0.05, 0) is 25.8 Å². The van der Waals surface area contributed by atoms with Gasteiger partial charge in [0.1, 0.15) is 18.1 Å². The van der Waals surface area contributed by atoms with E-state index in [9.17, 15) is 14.4 Å². The molecule has 0 aromatic heterocycles. The van der Waals surface area contributed by atoms with Crippen LogP contribution >= 0.6 is 0 Å². The Morgan fingerprint density at radius 1 is 1.19 bits per heavy atom. The highest BCUT2D eigenvalue weighted by atomic mass is 16.4. The molecule has 1 aliphatic rings. The molecule has 1 fully saturated rings. The lowest BCUT2D eigenvalue weighted by molar-refractivity contribution is -0.148. The minimum absolute atomic E-state index is 0.126. The topological polar surface area (TPSA) is 153 Å². The Morgan fingerprint density at radius 3 is 2.29 bits per heavy atom. The van der Waals surface area contributed by atoms with Crippen LogP contribution < -0.4 is 11.1 Å². The predicted octanol–water partition coefficient (Wildman–Crippen LogP) is -1.62. The molecule has 0 aromatic rings. The van der Waals surface area contributed by atoms with Crippen molar-refractivity contribution in [1.29, 1.82) is 0 Å². The summed E-state index contributed by atoms with van der Waals surface area (Å²) < 4.78 is 0. The van der Waals surface area contributed by atoms with Crippen LogP contribution in [0.5, 0.6) is 0 Å². The number of rotatable bonds is 10. The Morgan fingerprint density at radius 2 is 1.86 bits per heavy atom. The van der Waals surface area contributed by atoms with Crippen LogP contribution in [0.3, 0.4) is 0 Å². The maximum atomic E-state index is 11.1. The molecule has 1 heterocycles. The summed E-state index contributed by atoms with van der Waals surface area (Å²) in [5.41, 5.74) is 5.32. The number of nitrogens with two attached hydrogens (primary N) is 1. The predicted molar refractivity (Wildman–Crippen MR) is 71.9 cm³/mol. The molecular formula is C12H21N3O6. The van der Waals surface area contributed by atoms with Gasteiger partial charge in [-0.25, -0.2) is 0 Å². The van der Waals surface area contributed by atoms with Crippen LogP contribution in [-0.2, 0) is 14.4 Å². The Hall–Kier alpha value is -1.71. The van der Waals surface area contributed by atoms with E-state index in [-0.39, 0.29) is 19.4 Å². The average Bonchev–Trinajstić information content (AvgIpc) is 2.34. The van der Waals surface area contributed by atoms with Crippen LogP contribution in [0, 0.1) is 0 Å². The van der Waals surface area contributed by atoms with Crippen molar-refractivity contribution in [3.63, 3.8) is 0 Å². The monoisotopic (exact) mass is 303 g/mol. The number of aliphatic carboxylic acids is 3. The van der Waals surface area contributed by atoms with Gasteiger partial charge in [0.15, 0.2) is 0 Å². The third-order valence-electron chi connectivity index (χ3n) is 3.58.